The van der Waals surface area contributed by atoms with E-state index in [0.717, 1.165) is 25.9 Å². The lowest BCUT2D eigenvalue weighted by Gasteiger charge is -2.32. The molecule has 1 aliphatic carbocycles. The van der Waals surface area contributed by atoms with Gasteiger partial charge in [-0.2, -0.15) is 0 Å². The van der Waals surface area contributed by atoms with Crippen LogP contribution in [0.5, 0.6) is 0 Å². The molecule has 0 saturated heterocycles. The summed E-state index contributed by atoms with van der Waals surface area (Å²) in [5.74, 6) is 0. The molecule has 0 heterocycles. The number of aliphatic hydroxyl groups is 1. The van der Waals surface area contributed by atoms with Crippen molar-refractivity contribution >= 4 is 0 Å². The van der Waals surface area contributed by atoms with Gasteiger partial charge < -0.3 is 9.84 Å². The molecule has 0 radical (unpaired) electrons. The second-order valence-electron chi connectivity index (χ2n) is 2.91. The van der Waals surface area contributed by atoms with E-state index in [1.54, 1.807) is 0 Å². The van der Waals surface area contributed by atoms with Gasteiger partial charge in [0.2, 0.25) is 0 Å². The standard InChI is InChI=1S/C8H16O2/c1-2-3-6-10-8-5-4-7(8)9/h7-9H,2-6H2,1H3/t7-,8+/m0/s1. The maximum atomic E-state index is 9.08. The van der Waals surface area contributed by atoms with E-state index in [-0.39, 0.29) is 12.2 Å². The van der Waals surface area contributed by atoms with Crippen molar-refractivity contribution in [2.24, 2.45) is 0 Å². The van der Waals surface area contributed by atoms with E-state index >= 15 is 0 Å². The predicted octanol–water partition coefficient (Wildman–Crippen LogP) is 1.33. The number of rotatable bonds is 4. The summed E-state index contributed by atoms with van der Waals surface area (Å²) in [4.78, 5) is 0. The first kappa shape index (κ1) is 8.02. The van der Waals surface area contributed by atoms with Gasteiger partial charge in [0.1, 0.15) is 0 Å². The first-order chi connectivity index (χ1) is 4.84. The van der Waals surface area contributed by atoms with Crippen LogP contribution in [0.4, 0.5) is 0 Å². The van der Waals surface area contributed by atoms with Crippen molar-refractivity contribution in [1.82, 2.24) is 0 Å². The van der Waals surface area contributed by atoms with Crippen LogP contribution in [0.1, 0.15) is 32.6 Å². The van der Waals surface area contributed by atoms with E-state index in [1.165, 1.54) is 6.42 Å². The molecular weight excluding hydrogens is 128 g/mol. The van der Waals surface area contributed by atoms with E-state index in [9.17, 15) is 0 Å². The zero-order valence-corrected chi connectivity index (χ0v) is 6.55. The second kappa shape index (κ2) is 3.94. The summed E-state index contributed by atoms with van der Waals surface area (Å²) < 4.78 is 5.38. The summed E-state index contributed by atoms with van der Waals surface area (Å²) in [7, 11) is 0. The van der Waals surface area contributed by atoms with Gasteiger partial charge in [-0.3, -0.25) is 0 Å². The lowest BCUT2D eigenvalue weighted by molar-refractivity contribution is -0.0964. The fourth-order valence-corrected chi connectivity index (χ4v) is 1.03. The summed E-state index contributed by atoms with van der Waals surface area (Å²) >= 11 is 0. The van der Waals surface area contributed by atoms with Crippen LogP contribution in [-0.2, 0) is 4.74 Å². The normalized spacial score (nSPS) is 31.8. The van der Waals surface area contributed by atoms with E-state index in [4.69, 9.17) is 9.84 Å². The lowest BCUT2D eigenvalue weighted by Crippen LogP contribution is -2.39. The third-order valence-corrected chi connectivity index (χ3v) is 2.01. The van der Waals surface area contributed by atoms with Crippen LogP contribution in [0.2, 0.25) is 0 Å². The minimum absolute atomic E-state index is 0.159. The van der Waals surface area contributed by atoms with Crippen molar-refractivity contribution in [3.63, 3.8) is 0 Å². The predicted molar refractivity (Wildman–Crippen MR) is 39.9 cm³/mol. The van der Waals surface area contributed by atoms with Gasteiger partial charge in [0.15, 0.2) is 0 Å². The van der Waals surface area contributed by atoms with Crippen LogP contribution < -0.4 is 0 Å². The van der Waals surface area contributed by atoms with E-state index in [2.05, 4.69) is 6.92 Å². The number of unbranched alkanes of at least 4 members (excludes halogenated alkanes) is 1. The van der Waals surface area contributed by atoms with Crippen LogP contribution >= 0.6 is 0 Å². The average molecular weight is 144 g/mol. The molecule has 1 saturated carbocycles. The highest BCUT2D eigenvalue weighted by atomic mass is 16.5. The fourth-order valence-electron chi connectivity index (χ4n) is 1.03. The van der Waals surface area contributed by atoms with Gasteiger partial charge in [0.05, 0.1) is 12.2 Å². The van der Waals surface area contributed by atoms with Crippen molar-refractivity contribution in [2.45, 2.75) is 44.8 Å². The highest BCUT2D eigenvalue weighted by Crippen LogP contribution is 2.22. The number of ether oxygens (including phenoxy) is 1. The smallest absolute Gasteiger partial charge is 0.0834 e. The van der Waals surface area contributed by atoms with Gasteiger partial charge >= 0.3 is 0 Å². The summed E-state index contributed by atoms with van der Waals surface area (Å²) in [5, 5.41) is 9.08. The van der Waals surface area contributed by atoms with Gasteiger partial charge in [-0.15, -0.1) is 0 Å². The van der Waals surface area contributed by atoms with E-state index in [1.807, 2.05) is 0 Å². The molecule has 1 aliphatic rings. The molecule has 2 atom stereocenters. The Morgan fingerprint density at radius 3 is 2.70 bits per heavy atom. The molecule has 60 valence electrons. The average Bonchev–Trinajstić information content (AvgIpc) is 1.95. The largest absolute Gasteiger partial charge is 0.390 e. The Morgan fingerprint density at radius 1 is 1.50 bits per heavy atom. The molecule has 10 heavy (non-hydrogen) atoms. The maximum absolute atomic E-state index is 9.08. The molecule has 0 unspecified atom stereocenters. The quantitative estimate of drug-likeness (QED) is 0.603. The van der Waals surface area contributed by atoms with Gasteiger partial charge in [-0.05, 0) is 19.3 Å². The van der Waals surface area contributed by atoms with E-state index in [0.29, 0.717) is 0 Å². The molecule has 1 fully saturated rings. The van der Waals surface area contributed by atoms with Crippen molar-refractivity contribution in [1.29, 1.82) is 0 Å². The van der Waals surface area contributed by atoms with Gasteiger partial charge in [0, 0.05) is 6.61 Å². The minimum Gasteiger partial charge on any atom is -0.390 e. The lowest BCUT2D eigenvalue weighted by atomic mass is 9.92. The molecule has 0 aliphatic heterocycles. The Morgan fingerprint density at radius 2 is 2.30 bits per heavy atom. The topological polar surface area (TPSA) is 29.5 Å². The highest BCUT2D eigenvalue weighted by Gasteiger charge is 2.28. The number of hydrogen-bond acceptors (Lipinski definition) is 2. The molecule has 0 bridgehead atoms. The first-order valence-corrected chi connectivity index (χ1v) is 4.14. The molecule has 0 spiro atoms. The van der Waals surface area contributed by atoms with Crippen molar-refractivity contribution in [2.75, 3.05) is 6.61 Å². The Bertz CT molecular complexity index is 93.3. The molecule has 0 amide bonds. The summed E-state index contributed by atoms with van der Waals surface area (Å²) in [6.45, 7) is 2.96. The maximum Gasteiger partial charge on any atom is 0.0834 e. The molecule has 0 aromatic carbocycles. The summed E-state index contributed by atoms with van der Waals surface area (Å²) in [5.41, 5.74) is 0. The minimum atomic E-state index is -0.170. The van der Waals surface area contributed by atoms with Gasteiger partial charge in [-0.1, -0.05) is 13.3 Å². The molecular formula is C8H16O2. The van der Waals surface area contributed by atoms with Crippen LogP contribution in [0.3, 0.4) is 0 Å². The first-order valence-electron chi connectivity index (χ1n) is 4.14. The molecule has 0 aromatic heterocycles. The van der Waals surface area contributed by atoms with Crippen LogP contribution in [0.15, 0.2) is 0 Å². The third kappa shape index (κ3) is 1.96. The fraction of sp³-hybridized carbons (Fsp3) is 1.00. The Labute approximate surface area is 62.2 Å². The van der Waals surface area contributed by atoms with E-state index < -0.39 is 0 Å². The number of hydrogen-bond donors (Lipinski definition) is 1. The second-order valence-corrected chi connectivity index (χ2v) is 2.91. The molecule has 2 nitrogen and oxygen atoms in total. The van der Waals surface area contributed by atoms with Gasteiger partial charge in [-0.25, -0.2) is 0 Å². The highest BCUT2D eigenvalue weighted by molar-refractivity contribution is 4.80. The van der Waals surface area contributed by atoms with Crippen molar-refractivity contribution in [3.8, 4) is 0 Å². The van der Waals surface area contributed by atoms with Crippen molar-refractivity contribution < 1.29 is 9.84 Å². The van der Waals surface area contributed by atoms with Crippen LogP contribution in [-0.4, -0.2) is 23.9 Å². The van der Waals surface area contributed by atoms with Gasteiger partial charge in [0.25, 0.3) is 0 Å². The zero-order chi connectivity index (χ0) is 7.40. The summed E-state index contributed by atoms with van der Waals surface area (Å²) in [6.07, 6.45) is 4.25. The van der Waals surface area contributed by atoms with Crippen LogP contribution in [0.25, 0.3) is 0 Å². The number of aliphatic hydroxyl groups excluding tert-OH is 1. The van der Waals surface area contributed by atoms with Crippen LogP contribution in [0, 0.1) is 0 Å². The monoisotopic (exact) mass is 144 g/mol. The molecule has 2 heteroatoms. The Kier molecular flexibility index (Phi) is 3.16. The zero-order valence-electron chi connectivity index (χ0n) is 6.55. The summed E-state index contributed by atoms with van der Waals surface area (Å²) in [6, 6.07) is 0. The Balaban J connectivity index is 1.92. The molecule has 1 rings (SSSR count). The molecule has 0 aromatic rings. The third-order valence-electron chi connectivity index (χ3n) is 2.01. The SMILES string of the molecule is CCCCO[C@@H]1CC[C@@H]1O. The molecule has 1 N–H and O–H groups in total. The van der Waals surface area contributed by atoms with Crippen molar-refractivity contribution in [3.05, 3.63) is 0 Å². The Hall–Kier alpha value is -0.0800.